The average molecular weight is 321 g/mol. The molecule has 0 spiro atoms. The van der Waals surface area contributed by atoms with Crippen LogP contribution in [0, 0.1) is 5.92 Å². The lowest BCUT2D eigenvalue weighted by atomic mass is 9.86. The lowest BCUT2D eigenvalue weighted by molar-refractivity contribution is -0.121. The molecule has 1 unspecified atom stereocenters. The van der Waals surface area contributed by atoms with Crippen LogP contribution in [-0.4, -0.2) is 15.2 Å². The third-order valence-electron chi connectivity index (χ3n) is 3.08. The summed E-state index contributed by atoms with van der Waals surface area (Å²) in [4.78, 5) is 11.6. The molecule has 0 aromatic rings. The highest BCUT2D eigenvalue weighted by Crippen LogP contribution is 2.32. The van der Waals surface area contributed by atoms with Gasteiger partial charge in [0.1, 0.15) is 0 Å². The van der Waals surface area contributed by atoms with E-state index in [1.165, 1.54) is 32.1 Å². The predicted octanol–water partition coefficient (Wildman–Crippen LogP) is 4.40. The lowest BCUT2D eigenvalue weighted by Gasteiger charge is -2.22. The van der Waals surface area contributed by atoms with Crippen LogP contribution < -0.4 is 5.32 Å². The molecular weight excluding hydrogens is 304 g/mol. The van der Waals surface area contributed by atoms with Crippen LogP contribution in [0.15, 0.2) is 0 Å². The summed E-state index contributed by atoms with van der Waals surface area (Å²) in [5.41, 5.74) is -0.980. The van der Waals surface area contributed by atoms with Crippen molar-refractivity contribution in [1.29, 1.82) is 0 Å². The first-order valence-corrected chi connectivity index (χ1v) is 7.47. The monoisotopic (exact) mass is 319 g/mol. The van der Waals surface area contributed by atoms with Gasteiger partial charge in [-0.1, -0.05) is 78.5 Å². The van der Waals surface area contributed by atoms with Crippen molar-refractivity contribution in [3.63, 3.8) is 0 Å². The maximum Gasteiger partial charge on any atom is 0.224 e. The second-order valence-electron chi connectivity index (χ2n) is 4.51. The summed E-state index contributed by atoms with van der Waals surface area (Å²) in [6.07, 6.45) is 7.67. The van der Waals surface area contributed by atoms with Crippen LogP contribution >= 0.6 is 46.4 Å². The van der Waals surface area contributed by atoms with E-state index < -0.39 is 9.29 Å². The molecule has 2 nitrogen and oxygen atoms in total. The van der Waals surface area contributed by atoms with Crippen molar-refractivity contribution in [3.8, 4) is 0 Å². The van der Waals surface area contributed by atoms with Gasteiger partial charge in [0.15, 0.2) is 5.50 Å². The van der Waals surface area contributed by atoms with Gasteiger partial charge in [-0.25, -0.2) is 0 Å². The van der Waals surface area contributed by atoms with Crippen LogP contribution in [-0.2, 0) is 4.79 Å². The zero-order chi connectivity index (χ0) is 12.9. The minimum Gasteiger partial charge on any atom is -0.336 e. The first-order chi connectivity index (χ1) is 7.89. The Morgan fingerprint density at radius 1 is 1.24 bits per heavy atom. The van der Waals surface area contributed by atoms with Gasteiger partial charge in [0.2, 0.25) is 9.70 Å². The van der Waals surface area contributed by atoms with Crippen LogP contribution in [0.5, 0.6) is 0 Å². The minimum absolute atomic E-state index is 0.151. The molecule has 1 atom stereocenters. The van der Waals surface area contributed by atoms with Gasteiger partial charge in [-0.2, -0.15) is 0 Å². The van der Waals surface area contributed by atoms with Crippen molar-refractivity contribution in [2.45, 2.75) is 54.2 Å². The second-order valence-corrected chi connectivity index (χ2v) is 7.32. The van der Waals surface area contributed by atoms with Crippen molar-refractivity contribution >= 4 is 52.3 Å². The molecular formula is C11H17Cl4NO. The number of halogens is 4. The Balaban J connectivity index is 2.20. The molecule has 0 bridgehead atoms. The number of amides is 1. The predicted molar refractivity (Wildman–Crippen MR) is 73.9 cm³/mol. The SMILES string of the molecule is O=C(CCC1CCCCC1)NC(Cl)C(Cl)(Cl)Cl. The van der Waals surface area contributed by atoms with Crippen molar-refractivity contribution in [3.05, 3.63) is 0 Å². The molecule has 0 heterocycles. The van der Waals surface area contributed by atoms with Crippen LogP contribution in [0.1, 0.15) is 44.9 Å². The smallest absolute Gasteiger partial charge is 0.224 e. The number of carbonyl (C=O) groups is 1. The Labute approximate surface area is 122 Å². The first-order valence-electron chi connectivity index (χ1n) is 5.89. The van der Waals surface area contributed by atoms with Gasteiger partial charge >= 0.3 is 0 Å². The molecule has 100 valence electrons. The molecule has 6 heteroatoms. The molecule has 1 N–H and O–H groups in total. The Morgan fingerprint density at radius 2 is 1.82 bits per heavy atom. The normalized spacial score (nSPS) is 20.0. The van der Waals surface area contributed by atoms with Gasteiger partial charge < -0.3 is 5.32 Å². The number of hydrogen-bond donors (Lipinski definition) is 1. The van der Waals surface area contributed by atoms with Gasteiger partial charge in [0, 0.05) is 6.42 Å². The van der Waals surface area contributed by atoms with E-state index >= 15 is 0 Å². The lowest BCUT2D eigenvalue weighted by Crippen LogP contribution is -2.39. The quantitative estimate of drug-likeness (QED) is 0.603. The molecule has 0 aromatic heterocycles. The van der Waals surface area contributed by atoms with Crippen LogP contribution in [0.3, 0.4) is 0 Å². The van der Waals surface area contributed by atoms with E-state index in [1.807, 2.05) is 0 Å². The van der Waals surface area contributed by atoms with E-state index in [4.69, 9.17) is 46.4 Å². The molecule has 0 saturated heterocycles. The molecule has 17 heavy (non-hydrogen) atoms. The zero-order valence-corrected chi connectivity index (χ0v) is 12.5. The number of hydrogen-bond acceptors (Lipinski definition) is 1. The Bertz CT molecular complexity index is 248. The molecule has 1 rings (SSSR count). The van der Waals surface area contributed by atoms with Crippen molar-refractivity contribution in [2.75, 3.05) is 0 Å². The standard InChI is InChI=1S/C11H17Cl4NO/c12-10(11(13,14)15)16-9(17)7-6-8-4-2-1-3-5-8/h8,10H,1-7H2,(H,16,17). The van der Waals surface area contributed by atoms with E-state index in [9.17, 15) is 4.79 Å². The number of nitrogens with one attached hydrogen (secondary N) is 1. The molecule has 0 aromatic carbocycles. The summed E-state index contributed by atoms with van der Waals surface area (Å²) in [5, 5.41) is 2.49. The summed E-state index contributed by atoms with van der Waals surface area (Å²) in [6, 6.07) is 0. The van der Waals surface area contributed by atoms with E-state index in [0.29, 0.717) is 12.3 Å². The first kappa shape index (κ1) is 15.7. The molecule has 1 fully saturated rings. The molecule has 0 aliphatic heterocycles. The van der Waals surface area contributed by atoms with Gasteiger partial charge in [0.05, 0.1) is 0 Å². The molecule has 1 amide bonds. The molecule has 0 radical (unpaired) electrons. The minimum atomic E-state index is -1.66. The Hall–Kier alpha value is 0.630. The summed E-state index contributed by atoms with van der Waals surface area (Å²) in [7, 11) is 0. The summed E-state index contributed by atoms with van der Waals surface area (Å²) < 4.78 is -1.66. The fourth-order valence-electron chi connectivity index (χ4n) is 2.11. The van der Waals surface area contributed by atoms with Crippen molar-refractivity contribution in [2.24, 2.45) is 5.92 Å². The van der Waals surface area contributed by atoms with E-state index in [-0.39, 0.29) is 5.91 Å². The number of rotatable bonds is 4. The second kappa shape index (κ2) is 7.28. The summed E-state index contributed by atoms with van der Waals surface area (Å²) in [5.74, 6) is 0.512. The summed E-state index contributed by atoms with van der Waals surface area (Å²) >= 11 is 22.4. The maximum absolute atomic E-state index is 11.6. The van der Waals surface area contributed by atoms with Crippen LogP contribution in [0.25, 0.3) is 0 Å². The fourth-order valence-corrected chi connectivity index (χ4v) is 2.39. The zero-order valence-electron chi connectivity index (χ0n) is 9.52. The Kier molecular flexibility index (Phi) is 6.71. The van der Waals surface area contributed by atoms with E-state index in [1.54, 1.807) is 0 Å². The van der Waals surface area contributed by atoms with Crippen molar-refractivity contribution < 1.29 is 4.79 Å². The maximum atomic E-state index is 11.6. The van der Waals surface area contributed by atoms with E-state index in [0.717, 1.165) is 6.42 Å². The Morgan fingerprint density at radius 3 is 2.35 bits per heavy atom. The highest BCUT2D eigenvalue weighted by Gasteiger charge is 2.32. The molecule has 1 saturated carbocycles. The summed E-state index contributed by atoms with van der Waals surface area (Å²) in [6.45, 7) is 0. The third-order valence-corrected chi connectivity index (χ3v) is 4.51. The van der Waals surface area contributed by atoms with E-state index in [2.05, 4.69) is 5.32 Å². The van der Waals surface area contributed by atoms with Gasteiger partial charge in [-0.15, -0.1) is 0 Å². The molecule has 1 aliphatic carbocycles. The highest BCUT2D eigenvalue weighted by atomic mass is 35.6. The van der Waals surface area contributed by atoms with Gasteiger partial charge in [0.25, 0.3) is 0 Å². The highest BCUT2D eigenvalue weighted by molar-refractivity contribution is 6.70. The fraction of sp³-hybridized carbons (Fsp3) is 0.909. The van der Waals surface area contributed by atoms with Crippen LogP contribution in [0.4, 0.5) is 0 Å². The molecule has 1 aliphatic rings. The van der Waals surface area contributed by atoms with Gasteiger partial charge in [-0.3, -0.25) is 4.79 Å². The van der Waals surface area contributed by atoms with Crippen LogP contribution in [0.2, 0.25) is 0 Å². The number of alkyl halides is 4. The number of carbonyl (C=O) groups excluding carboxylic acids is 1. The topological polar surface area (TPSA) is 29.1 Å². The third kappa shape index (κ3) is 6.37. The van der Waals surface area contributed by atoms with Gasteiger partial charge in [-0.05, 0) is 12.3 Å². The van der Waals surface area contributed by atoms with Crippen molar-refractivity contribution in [1.82, 2.24) is 5.32 Å². The average Bonchev–Trinajstić information content (AvgIpc) is 2.26. The largest absolute Gasteiger partial charge is 0.336 e.